The van der Waals surface area contributed by atoms with E-state index in [1.807, 2.05) is 18.2 Å². The van der Waals surface area contributed by atoms with Crippen molar-refractivity contribution in [1.82, 2.24) is 4.90 Å². The molecule has 19 heavy (non-hydrogen) atoms. The lowest BCUT2D eigenvalue weighted by Crippen LogP contribution is -2.43. The fourth-order valence-electron chi connectivity index (χ4n) is 2.49. The van der Waals surface area contributed by atoms with Crippen LogP contribution in [-0.4, -0.2) is 30.6 Å². The first-order valence-electron chi connectivity index (χ1n) is 6.92. The van der Waals surface area contributed by atoms with E-state index in [2.05, 4.69) is 18.4 Å². The fourth-order valence-corrected chi connectivity index (χ4v) is 2.49. The highest BCUT2D eigenvalue weighted by Crippen LogP contribution is 2.24. The van der Waals surface area contributed by atoms with Gasteiger partial charge in [0.2, 0.25) is 0 Å². The number of hydrogen-bond donors (Lipinski definition) is 0. The molecule has 1 aromatic carbocycles. The van der Waals surface area contributed by atoms with Crippen molar-refractivity contribution >= 4 is 0 Å². The summed E-state index contributed by atoms with van der Waals surface area (Å²) in [6, 6.07) is 7.16. The van der Waals surface area contributed by atoms with Gasteiger partial charge in [-0.15, -0.1) is 6.58 Å². The molecule has 0 bridgehead atoms. The molecule has 1 fully saturated rings. The maximum atomic E-state index is 12.9. The number of ether oxygens (including phenoxy) is 1. The predicted molar refractivity (Wildman–Crippen MR) is 75.6 cm³/mol. The molecule has 0 unspecified atom stereocenters. The van der Waals surface area contributed by atoms with Crippen molar-refractivity contribution in [2.75, 3.05) is 19.7 Å². The Bertz CT molecular complexity index is 404. The zero-order valence-corrected chi connectivity index (χ0v) is 11.5. The highest BCUT2D eigenvalue weighted by molar-refractivity contribution is 5.19. The molecule has 3 heteroatoms. The highest BCUT2D eigenvalue weighted by Gasteiger charge is 2.24. The molecule has 1 aliphatic rings. The molecule has 0 amide bonds. The van der Waals surface area contributed by atoms with E-state index in [0.29, 0.717) is 6.04 Å². The van der Waals surface area contributed by atoms with E-state index in [-0.39, 0.29) is 11.9 Å². The number of nitrogens with zero attached hydrogens (tertiary/aromatic N) is 1. The van der Waals surface area contributed by atoms with Crippen LogP contribution >= 0.6 is 0 Å². The number of halogens is 1. The van der Waals surface area contributed by atoms with Crippen LogP contribution in [-0.2, 0) is 4.74 Å². The second-order valence-electron chi connectivity index (χ2n) is 5.12. The molecule has 2 atom stereocenters. The molecule has 1 aliphatic heterocycles. The van der Waals surface area contributed by atoms with Crippen molar-refractivity contribution in [2.24, 2.45) is 0 Å². The summed E-state index contributed by atoms with van der Waals surface area (Å²) >= 11 is 0. The van der Waals surface area contributed by atoms with Crippen LogP contribution in [0.3, 0.4) is 0 Å². The van der Waals surface area contributed by atoms with Gasteiger partial charge in [-0.3, -0.25) is 4.90 Å². The van der Waals surface area contributed by atoms with E-state index in [0.717, 1.165) is 38.1 Å². The van der Waals surface area contributed by atoms with Crippen molar-refractivity contribution in [3.63, 3.8) is 0 Å². The molecule has 1 heterocycles. The molecule has 0 aromatic heterocycles. The smallest absolute Gasteiger partial charge is 0.123 e. The van der Waals surface area contributed by atoms with Gasteiger partial charge in [0.05, 0.1) is 12.7 Å². The molecule has 0 radical (unpaired) electrons. The van der Waals surface area contributed by atoms with Crippen LogP contribution in [0.25, 0.3) is 0 Å². The number of benzene rings is 1. The van der Waals surface area contributed by atoms with E-state index in [1.54, 1.807) is 0 Å². The minimum Gasteiger partial charge on any atom is -0.371 e. The van der Waals surface area contributed by atoms with E-state index < -0.39 is 0 Å². The number of rotatable bonds is 5. The van der Waals surface area contributed by atoms with Crippen LogP contribution < -0.4 is 0 Å². The van der Waals surface area contributed by atoms with Gasteiger partial charge in [0, 0.05) is 19.1 Å². The minimum atomic E-state index is -0.198. The first kappa shape index (κ1) is 14.2. The van der Waals surface area contributed by atoms with E-state index in [1.165, 1.54) is 12.1 Å². The average molecular weight is 263 g/mol. The van der Waals surface area contributed by atoms with Crippen molar-refractivity contribution in [2.45, 2.75) is 31.9 Å². The monoisotopic (exact) mass is 263 g/mol. The predicted octanol–water partition coefficient (Wildman–Crippen LogP) is 3.55. The van der Waals surface area contributed by atoms with E-state index in [9.17, 15) is 4.39 Å². The van der Waals surface area contributed by atoms with Gasteiger partial charge in [-0.1, -0.05) is 18.2 Å². The minimum absolute atomic E-state index is 0.0560. The molecule has 104 valence electrons. The summed E-state index contributed by atoms with van der Waals surface area (Å²) in [7, 11) is 0. The van der Waals surface area contributed by atoms with Gasteiger partial charge in [-0.25, -0.2) is 4.39 Å². The van der Waals surface area contributed by atoms with Crippen molar-refractivity contribution in [1.29, 1.82) is 0 Å². The van der Waals surface area contributed by atoms with Crippen LogP contribution in [0.4, 0.5) is 4.39 Å². The summed E-state index contributed by atoms with van der Waals surface area (Å²) in [6.45, 7) is 8.60. The summed E-state index contributed by atoms with van der Waals surface area (Å²) in [4.78, 5) is 2.45. The quantitative estimate of drug-likeness (QED) is 0.753. The third kappa shape index (κ3) is 3.88. The van der Waals surface area contributed by atoms with Crippen molar-refractivity contribution in [3.8, 4) is 0 Å². The van der Waals surface area contributed by atoms with Gasteiger partial charge in [0.15, 0.2) is 0 Å². The molecule has 2 nitrogen and oxygen atoms in total. The standard InChI is InChI=1S/C16H22FNO/c1-3-4-5-13(2)18-10-11-19-16(12-18)14-6-8-15(17)9-7-14/h3,6-9,13,16H,1,4-5,10-12H2,2H3/t13-,16+/m0/s1. The van der Waals surface area contributed by atoms with Gasteiger partial charge in [0.1, 0.15) is 5.82 Å². The average Bonchev–Trinajstić information content (AvgIpc) is 2.45. The van der Waals surface area contributed by atoms with Crippen LogP contribution in [0.1, 0.15) is 31.4 Å². The zero-order valence-electron chi connectivity index (χ0n) is 11.5. The first-order valence-corrected chi connectivity index (χ1v) is 6.92. The summed E-state index contributed by atoms with van der Waals surface area (Å²) in [5.41, 5.74) is 1.06. The maximum absolute atomic E-state index is 12.9. The lowest BCUT2D eigenvalue weighted by Gasteiger charge is -2.37. The van der Waals surface area contributed by atoms with Crippen LogP contribution in [0.5, 0.6) is 0 Å². The lowest BCUT2D eigenvalue weighted by atomic mass is 10.1. The second kappa shape index (κ2) is 6.83. The van der Waals surface area contributed by atoms with E-state index in [4.69, 9.17) is 4.74 Å². The number of morpholine rings is 1. The normalized spacial score (nSPS) is 22.1. The molecule has 0 spiro atoms. The largest absolute Gasteiger partial charge is 0.371 e. The topological polar surface area (TPSA) is 12.5 Å². The summed E-state index contributed by atoms with van der Waals surface area (Å²) in [6.07, 6.45) is 4.19. The Morgan fingerprint density at radius 2 is 2.21 bits per heavy atom. The third-order valence-electron chi connectivity index (χ3n) is 3.75. The molecule has 1 aromatic rings. The van der Waals surface area contributed by atoms with Gasteiger partial charge in [-0.2, -0.15) is 0 Å². The number of hydrogen-bond acceptors (Lipinski definition) is 2. The van der Waals surface area contributed by atoms with Crippen molar-refractivity contribution in [3.05, 3.63) is 48.3 Å². The Hall–Kier alpha value is -1.19. The van der Waals surface area contributed by atoms with Gasteiger partial charge >= 0.3 is 0 Å². The van der Waals surface area contributed by atoms with Crippen LogP contribution in [0.15, 0.2) is 36.9 Å². The molecule has 2 rings (SSSR count). The molecule has 1 saturated heterocycles. The lowest BCUT2D eigenvalue weighted by molar-refractivity contribution is -0.0434. The third-order valence-corrected chi connectivity index (χ3v) is 3.75. The van der Waals surface area contributed by atoms with Gasteiger partial charge in [-0.05, 0) is 37.5 Å². The summed E-state index contributed by atoms with van der Waals surface area (Å²) < 4.78 is 18.7. The molecule has 0 aliphatic carbocycles. The van der Waals surface area contributed by atoms with Crippen molar-refractivity contribution < 1.29 is 9.13 Å². The summed E-state index contributed by atoms with van der Waals surface area (Å²) in [5, 5.41) is 0. The van der Waals surface area contributed by atoms with E-state index >= 15 is 0 Å². The Balaban J connectivity index is 1.96. The molecular weight excluding hydrogens is 241 g/mol. The fraction of sp³-hybridized carbons (Fsp3) is 0.500. The molecule has 0 saturated carbocycles. The summed E-state index contributed by atoms with van der Waals surface area (Å²) in [5.74, 6) is -0.198. The SMILES string of the molecule is C=CCC[C@H](C)N1CCO[C@@H](c2ccc(F)cc2)C1. The highest BCUT2D eigenvalue weighted by atomic mass is 19.1. The Morgan fingerprint density at radius 1 is 1.47 bits per heavy atom. The first-order chi connectivity index (χ1) is 9.20. The zero-order chi connectivity index (χ0) is 13.7. The Kier molecular flexibility index (Phi) is 5.11. The second-order valence-corrected chi connectivity index (χ2v) is 5.12. The molecule has 0 N–H and O–H groups in total. The van der Waals surface area contributed by atoms with Crippen LogP contribution in [0, 0.1) is 5.82 Å². The Labute approximate surface area is 114 Å². The van der Waals surface area contributed by atoms with Gasteiger partial charge < -0.3 is 4.74 Å². The maximum Gasteiger partial charge on any atom is 0.123 e. The Morgan fingerprint density at radius 3 is 2.89 bits per heavy atom. The molecular formula is C16H22FNO. The number of allylic oxidation sites excluding steroid dienone is 1. The van der Waals surface area contributed by atoms with Gasteiger partial charge in [0.25, 0.3) is 0 Å². The van der Waals surface area contributed by atoms with Crippen LogP contribution in [0.2, 0.25) is 0 Å².